The van der Waals surface area contributed by atoms with Gasteiger partial charge in [0.15, 0.2) is 9.84 Å². The summed E-state index contributed by atoms with van der Waals surface area (Å²) in [5.41, 5.74) is 3.32. The minimum Gasteiger partial charge on any atom is -0.308 e. The molecule has 8 heteroatoms. The summed E-state index contributed by atoms with van der Waals surface area (Å²) in [4.78, 5) is 10.6. The van der Waals surface area contributed by atoms with Gasteiger partial charge >= 0.3 is 0 Å². The molecule has 1 fully saturated rings. The van der Waals surface area contributed by atoms with E-state index in [1.165, 1.54) is 0 Å². The smallest absolute Gasteiger partial charge is 0.151 e. The summed E-state index contributed by atoms with van der Waals surface area (Å²) in [6, 6.07) is 1.80. The zero-order chi connectivity index (χ0) is 14.0. The topological polar surface area (TPSA) is 101 Å². The van der Waals surface area contributed by atoms with Gasteiger partial charge in [-0.05, 0) is 20.4 Å². The lowest BCUT2D eigenvalue weighted by Crippen LogP contribution is -2.32. The molecule has 0 aliphatic carbocycles. The minimum atomic E-state index is -2.87. The SMILES string of the molecule is Cc1cc(NN)nc(CN(C)C2CCS(=O)(=O)C2)n1. The van der Waals surface area contributed by atoms with Crippen LogP contribution in [0.2, 0.25) is 0 Å². The quantitative estimate of drug-likeness (QED) is 0.578. The van der Waals surface area contributed by atoms with Crippen molar-refractivity contribution in [2.45, 2.75) is 25.9 Å². The molecule has 1 saturated heterocycles. The lowest BCUT2D eigenvalue weighted by atomic mass is 10.2. The molecule has 2 rings (SSSR count). The molecular formula is C11H19N5O2S. The zero-order valence-corrected chi connectivity index (χ0v) is 11.9. The van der Waals surface area contributed by atoms with Gasteiger partial charge < -0.3 is 5.43 Å². The molecule has 0 radical (unpaired) electrons. The number of rotatable bonds is 4. The van der Waals surface area contributed by atoms with Gasteiger partial charge in [-0.2, -0.15) is 0 Å². The maximum absolute atomic E-state index is 11.5. The minimum absolute atomic E-state index is 0.0448. The van der Waals surface area contributed by atoms with Crippen molar-refractivity contribution < 1.29 is 8.42 Å². The summed E-state index contributed by atoms with van der Waals surface area (Å²) in [6.45, 7) is 2.38. The van der Waals surface area contributed by atoms with Crippen LogP contribution in [-0.2, 0) is 16.4 Å². The zero-order valence-electron chi connectivity index (χ0n) is 11.1. The summed E-state index contributed by atoms with van der Waals surface area (Å²) in [6.07, 6.45) is 0.673. The first kappa shape index (κ1) is 14.2. The molecule has 1 aromatic heterocycles. The van der Waals surface area contributed by atoms with Crippen molar-refractivity contribution in [3.63, 3.8) is 0 Å². The van der Waals surface area contributed by atoms with E-state index in [9.17, 15) is 8.42 Å². The molecule has 106 valence electrons. The van der Waals surface area contributed by atoms with Crippen molar-refractivity contribution in [2.24, 2.45) is 5.84 Å². The molecule has 0 aromatic carbocycles. The molecular weight excluding hydrogens is 266 g/mol. The number of nitrogens with one attached hydrogen (secondary N) is 1. The van der Waals surface area contributed by atoms with E-state index in [4.69, 9.17) is 5.84 Å². The van der Waals surface area contributed by atoms with Crippen LogP contribution in [0.3, 0.4) is 0 Å². The lowest BCUT2D eigenvalue weighted by Gasteiger charge is -2.22. The van der Waals surface area contributed by atoms with Crippen molar-refractivity contribution in [2.75, 3.05) is 24.0 Å². The normalized spacial score (nSPS) is 21.8. The average molecular weight is 285 g/mol. The van der Waals surface area contributed by atoms with Crippen molar-refractivity contribution in [3.8, 4) is 0 Å². The molecule has 1 atom stereocenters. The van der Waals surface area contributed by atoms with E-state index >= 15 is 0 Å². The maximum Gasteiger partial charge on any atom is 0.151 e. The molecule has 1 aliphatic rings. The Balaban J connectivity index is 2.07. The number of nitrogens with zero attached hydrogens (tertiary/aromatic N) is 3. The highest BCUT2D eigenvalue weighted by Crippen LogP contribution is 2.18. The monoisotopic (exact) mass is 285 g/mol. The highest BCUT2D eigenvalue weighted by molar-refractivity contribution is 7.91. The van der Waals surface area contributed by atoms with Gasteiger partial charge in [0.1, 0.15) is 11.6 Å². The number of sulfone groups is 1. The predicted molar refractivity (Wildman–Crippen MR) is 73.1 cm³/mol. The van der Waals surface area contributed by atoms with Crippen LogP contribution in [-0.4, -0.2) is 47.9 Å². The Hall–Kier alpha value is -1.25. The summed E-state index contributed by atoms with van der Waals surface area (Å²) in [5, 5.41) is 0. The van der Waals surface area contributed by atoms with Crippen LogP contribution in [0.5, 0.6) is 0 Å². The molecule has 1 unspecified atom stereocenters. The number of hydrogen-bond donors (Lipinski definition) is 2. The molecule has 2 heterocycles. The molecule has 0 bridgehead atoms. The van der Waals surface area contributed by atoms with Gasteiger partial charge in [-0.25, -0.2) is 24.2 Å². The van der Waals surface area contributed by atoms with Gasteiger partial charge in [-0.3, -0.25) is 4.90 Å². The molecule has 1 aromatic rings. The second kappa shape index (κ2) is 5.40. The highest BCUT2D eigenvalue weighted by atomic mass is 32.2. The van der Waals surface area contributed by atoms with Crippen molar-refractivity contribution in [3.05, 3.63) is 17.6 Å². The van der Waals surface area contributed by atoms with E-state index in [1.54, 1.807) is 6.07 Å². The predicted octanol–water partition coefficient (Wildman–Crippen LogP) is -0.310. The van der Waals surface area contributed by atoms with E-state index in [1.807, 2.05) is 18.9 Å². The number of hydrogen-bond acceptors (Lipinski definition) is 7. The first-order valence-corrected chi connectivity index (χ1v) is 7.93. The Bertz CT molecular complexity index is 560. The highest BCUT2D eigenvalue weighted by Gasteiger charge is 2.30. The van der Waals surface area contributed by atoms with Crippen molar-refractivity contribution in [1.29, 1.82) is 0 Å². The van der Waals surface area contributed by atoms with Crippen LogP contribution in [0.15, 0.2) is 6.07 Å². The van der Waals surface area contributed by atoms with E-state index in [0.717, 1.165) is 5.69 Å². The number of hydrazine groups is 1. The Kier molecular flexibility index (Phi) is 4.02. The van der Waals surface area contributed by atoms with E-state index in [-0.39, 0.29) is 17.5 Å². The fourth-order valence-corrected chi connectivity index (χ4v) is 4.06. The Morgan fingerprint density at radius 1 is 1.53 bits per heavy atom. The lowest BCUT2D eigenvalue weighted by molar-refractivity contribution is 0.248. The molecule has 0 spiro atoms. The number of nitrogen functional groups attached to an aromatic ring is 1. The fourth-order valence-electron chi connectivity index (χ4n) is 2.25. The van der Waals surface area contributed by atoms with Gasteiger partial charge in [-0.1, -0.05) is 0 Å². The van der Waals surface area contributed by atoms with Crippen molar-refractivity contribution >= 4 is 15.7 Å². The summed E-state index contributed by atoms with van der Waals surface area (Å²) >= 11 is 0. The Morgan fingerprint density at radius 3 is 2.84 bits per heavy atom. The largest absolute Gasteiger partial charge is 0.308 e. The van der Waals surface area contributed by atoms with Crippen LogP contribution >= 0.6 is 0 Å². The van der Waals surface area contributed by atoms with Crippen molar-refractivity contribution in [1.82, 2.24) is 14.9 Å². The molecule has 0 saturated carbocycles. The molecule has 3 N–H and O–H groups in total. The van der Waals surface area contributed by atoms with Crippen LogP contribution in [0.25, 0.3) is 0 Å². The number of anilines is 1. The summed E-state index contributed by atoms with van der Waals surface area (Å²) in [7, 11) is -0.973. The third kappa shape index (κ3) is 3.62. The van der Waals surface area contributed by atoms with E-state index < -0.39 is 9.84 Å². The van der Waals surface area contributed by atoms with Crippen LogP contribution < -0.4 is 11.3 Å². The van der Waals surface area contributed by atoms with Gasteiger partial charge in [0.2, 0.25) is 0 Å². The van der Waals surface area contributed by atoms with Crippen LogP contribution in [0.4, 0.5) is 5.82 Å². The first-order chi connectivity index (χ1) is 8.89. The Labute approximate surface area is 113 Å². The molecule has 19 heavy (non-hydrogen) atoms. The third-order valence-electron chi connectivity index (χ3n) is 3.27. The average Bonchev–Trinajstić information content (AvgIpc) is 2.69. The molecule has 1 aliphatic heterocycles. The van der Waals surface area contributed by atoms with E-state index in [2.05, 4.69) is 15.4 Å². The second-order valence-corrected chi connectivity index (χ2v) is 7.16. The summed E-state index contributed by atoms with van der Waals surface area (Å²) in [5.74, 6) is 7.04. The standard InChI is InChI=1S/C11H19N5O2S/c1-8-5-10(15-12)14-11(13-8)6-16(2)9-3-4-19(17,18)7-9/h5,9H,3-4,6-7,12H2,1-2H3,(H,13,14,15). The Morgan fingerprint density at radius 2 is 2.26 bits per heavy atom. The van der Waals surface area contributed by atoms with Gasteiger partial charge in [0.05, 0.1) is 18.1 Å². The van der Waals surface area contributed by atoms with Gasteiger partial charge in [0.25, 0.3) is 0 Å². The number of nitrogens with two attached hydrogens (primary N) is 1. The number of aryl methyl sites for hydroxylation is 1. The van der Waals surface area contributed by atoms with Crippen LogP contribution in [0.1, 0.15) is 17.9 Å². The molecule has 0 amide bonds. The third-order valence-corrected chi connectivity index (χ3v) is 5.02. The number of aromatic nitrogens is 2. The second-order valence-electron chi connectivity index (χ2n) is 4.93. The molecule has 7 nitrogen and oxygen atoms in total. The van der Waals surface area contributed by atoms with E-state index in [0.29, 0.717) is 24.6 Å². The summed E-state index contributed by atoms with van der Waals surface area (Å²) < 4.78 is 22.9. The maximum atomic E-state index is 11.5. The van der Waals surface area contributed by atoms with Gasteiger partial charge in [-0.15, -0.1) is 0 Å². The first-order valence-electron chi connectivity index (χ1n) is 6.11. The van der Waals surface area contributed by atoms with Crippen LogP contribution in [0, 0.1) is 6.92 Å². The van der Waals surface area contributed by atoms with Gasteiger partial charge in [0, 0.05) is 17.8 Å². The fraction of sp³-hybridized carbons (Fsp3) is 0.636.